The molecule has 6 heteroatoms. The van der Waals surface area contributed by atoms with Crippen molar-refractivity contribution in [3.05, 3.63) is 84.4 Å². The number of anilines is 3. The molecule has 0 spiro atoms. The molecule has 3 aromatic rings. The van der Waals surface area contributed by atoms with Gasteiger partial charge in [-0.15, -0.1) is 0 Å². The summed E-state index contributed by atoms with van der Waals surface area (Å²) in [4.78, 5) is 24.6. The summed E-state index contributed by atoms with van der Waals surface area (Å²) in [5, 5.41) is 8.77. The molecule has 3 aromatic carbocycles. The molecule has 0 radical (unpaired) electrons. The Morgan fingerprint density at radius 2 is 1.50 bits per heavy atom. The van der Waals surface area contributed by atoms with E-state index in [-0.39, 0.29) is 18.4 Å². The van der Waals surface area contributed by atoms with E-state index in [4.69, 9.17) is 4.74 Å². The Kier molecular flexibility index (Phi) is 8.26. The first-order chi connectivity index (χ1) is 15.5. The molecule has 0 aliphatic rings. The highest BCUT2D eigenvalue weighted by Crippen LogP contribution is 2.18. The predicted molar refractivity (Wildman–Crippen MR) is 129 cm³/mol. The smallest absolute Gasteiger partial charge is 0.255 e. The van der Waals surface area contributed by atoms with Gasteiger partial charge >= 0.3 is 0 Å². The van der Waals surface area contributed by atoms with Gasteiger partial charge in [0.05, 0.1) is 13.2 Å². The number of ether oxygens (including phenoxy) is 1. The first-order valence-electron chi connectivity index (χ1n) is 10.7. The first kappa shape index (κ1) is 22.9. The number of rotatable bonds is 10. The van der Waals surface area contributed by atoms with E-state index >= 15 is 0 Å². The Morgan fingerprint density at radius 1 is 0.812 bits per heavy atom. The van der Waals surface area contributed by atoms with Crippen molar-refractivity contribution in [3.63, 3.8) is 0 Å². The Labute approximate surface area is 189 Å². The summed E-state index contributed by atoms with van der Waals surface area (Å²) in [6.07, 6.45) is 1.01. The molecule has 0 bridgehead atoms. The lowest BCUT2D eigenvalue weighted by atomic mass is 10.1. The number of amides is 2. The van der Waals surface area contributed by atoms with Gasteiger partial charge in [-0.05, 0) is 66.9 Å². The average molecular weight is 432 g/mol. The Bertz CT molecular complexity index is 1020. The zero-order chi connectivity index (χ0) is 22.8. The molecule has 0 fully saturated rings. The van der Waals surface area contributed by atoms with Crippen molar-refractivity contribution in [2.75, 3.05) is 29.1 Å². The SMILES string of the molecule is CC(C)CCOc1ccc(NCC(=O)Nc2cccc(NC(=O)c3ccccc3)c2)cc1. The highest BCUT2D eigenvalue weighted by atomic mass is 16.5. The van der Waals surface area contributed by atoms with E-state index in [1.807, 2.05) is 42.5 Å². The fourth-order valence-electron chi connectivity index (χ4n) is 2.94. The van der Waals surface area contributed by atoms with Crippen LogP contribution < -0.4 is 20.7 Å². The van der Waals surface area contributed by atoms with Crippen molar-refractivity contribution in [2.45, 2.75) is 20.3 Å². The van der Waals surface area contributed by atoms with Crippen LogP contribution in [-0.4, -0.2) is 25.0 Å². The molecule has 2 amide bonds. The number of carbonyl (C=O) groups is 2. The molecule has 0 saturated carbocycles. The van der Waals surface area contributed by atoms with Gasteiger partial charge in [0.15, 0.2) is 0 Å². The van der Waals surface area contributed by atoms with Crippen molar-refractivity contribution in [1.82, 2.24) is 0 Å². The second-order valence-corrected chi connectivity index (χ2v) is 7.86. The van der Waals surface area contributed by atoms with E-state index in [9.17, 15) is 9.59 Å². The second kappa shape index (κ2) is 11.6. The van der Waals surface area contributed by atoms with Gasteiger partial charge in [0.2, 0.25) is 5.91 Å². The van der Waals surface area contributed by atoms with Crippen molar-refractivity contribution in [2.24, 2.45) is 5.92 Å². The average Bonchev–Trinajstić information content (AvgIpc) is 2.79. The van der Waals surface area contributed by atoms with Crippen molar-refractivity contribution in [3.8, 4) is 5.75 Å². The molecule has 3 rings (SSSR count). The largest absolute Gasteiger partial charge is 0.494 e. The maximum absolute atomic E-state index is 12.3. The van der Waals surface area contributed by atoms with Gasteiger partial charge in [-0.2, -0.15) is 0 Å². The molecule has 166 valence electrons. The van der Waals surface area contributed by atoms with Crippen LogP contribution in [0.4, 0.5) is 17.1 Å². The topological polar surface area (TPSA) is 79.5 Å². The van der Waals surface area contributed by atoms with Crippen LogP contribution in [0.25, 0.3) is 0 Å². The fraction of sp³-hybridized carbons (Fsp3) is 0.231. The minimum Gasteiger partial charge on any atom is -0.494 e. The zero-order valence-corrected chi connectivity index (χ0v) is 18.4. The van der Waals surface area contributed by atoms with Gasteiger partial charge in [0, 0.05) is 22.6 Å². The Balaban J connectivity index is 1.47. The summed E-state index contributed by atoms with van der Waals surface area (Å²) >= 11 is 0. The lowest BCUT2D eigenvalue weighted by Gasteiger charge is -2.11. The first-order valence-corrected chi connectivity index (χ1v) is 10.7. The summed E-state index contributed by atoms with van der Waals surface area (Å²) in [6, 6.07) is 23.6. The van der Waals surface area contributed by atoms with Gasteiger partial charge in [0.25, 0.3) is 5.91 Å². The van der Waals surface area contributed by atoms with Crippen LogP contribution in [0, 0.1) is 5.92 Å². The number of hydrogen-bond donors (Lipinski definition) is 3. The zero-order valence-electron chi connectivity index (χ0n) is 18.4. The highest BCUT2D eigenvalue weighted by Gasteiger charge is 2.07. The van der Waals surface area contributed by atoms with E-state index in [0.29, 0.717) is 29.5 Å². The van der Waals surface area contributed by atoms with Gasteiger partial charge in [-0.25, -0.2) is 0 Å². The van der Waals surface area contributed by atoms with Crippen LogP contribution in [0.2, 0.25) is 0 Å². The lowest BCUT2D eigenvalue weighted by molar-refractivity contribution is -0.114. The van der Waals surface area contributed by atoms with E-state index in [1.54, 1.807) is 36.4 Å². The molecule has 0 atom stereocenters. The van der Waals surface area contributed by atoms with Crippen LogP contribution in [0.1, 0.15) is 30.6 Å². The predicted octanol–water partition coefficient (Wildman–Crippen LogP) is 5.41. The molecule has 32 heavy (non-hydrogen) atoms. The Morgan fingerprint density at radius 3 is 2.19 bits per heavy atom. The lowest BCUT2D eigenvalue weighted by Crippen LogP contribution is -2.21. The monoisotopic (exact) mass is 431 g/mol. The number of hydrogen-bond acceptors (Lipinski definition) is 4. The molecule has 0 heterocycles. The minimum atomic E-state index is -0.202. The van der Waals surface area contributed by atoms with Gasteiger partial charge in [0.1, 0.15) is 5.75 Å². The number of nitrogens with one attached hydrogen (secondary N) is 3. The quantitative estimate of drug-likeness (QED) is 0.401. The van der Waals surface area contributed by atoms with Gasteiger partial charge in [-0.1, -0.05) is 38.1 Å². The molecule has 0 aliphatic heterocycles. The van der Waals surface area contributed by atoms with Crippen LogP contribution >= 0.6 is 0 Å². The van der Waals surface area contributed by atoms with Crippen LogP contribution in [-0.2, 0) is 4.79 Å². The van der Waals surface area contributed by atoms with E-state index in [0.717, 1.165) is 17.9 Å². The molecule has 3 N–H and O–H groups in total. The molecular formula is C26H29N3O3. The molecule has 0 unspecified atom stereocenters. The summed E-state index contributed by atoms with van der Waals surface area (Å²) in [7, 11) is 0. The van der Waals surface area contributed by atoms with Crippen LogP contribution in [0.15, 0.2) is 78.9 Å². The van der Waals surface area contributed by atoms with Gasteiger partial charge < -0.3 is 20.7 Å². The molecular weight excluding hydrogens is 402 g/mol. The van der Waals surface area contributed by atoms with Crippen molar-refractivity contribution >= 4 is 28.9 Å². The summed E-state index contributed by atoms with van der Waals surface area (Å²) in [6.45, 7) is 5.14. The molecule has 0 aliphatic carbocycles. The second-order valence-electron chi connectivity index (χ2n) is 7.86. The van der Waals surface area contributed by atoms with Crippen LogP contribution in [0.5, 0.6) is 5.75 Å². The van der Waals surface area contributed by atoms with Gasteiger partial charge in [-0.3, -0.25) is 9.59 Å². The third kappa shape index (κ3) is 7.47. The van der Waals surface area contributed by atoms with Crippen molar-refractivity contribution in [1.29, 1.82) is 0 Å². The van der Waals surface area contributed by atoms with E-state index < -0.39 is 0 Å². The number of carbonyl (C=O) groups excluding carboxylic acids is 2. The third-order valence-corrected chi connectivity index (χ3v) is 4.71. The summed E-state index contributed by atoms with van der Waals surface area (Å²) < 4.78 is 5.71. The maximum Gasteiger partial charge on any atom is 0.255 e. The van der Waals surface area contributed by atoms with Crippen molar-refractivity contribution < 1.29 is 14.3 Å². The number of benzene rings is 3. The molecule has 6 nitrogen and oxygen atoms in total. The molecule has 0 aromatic heterocycles. The maximum atomic E-state index is 12.3. The minimum absolute atomic E-state index is 0.119. The molecule has 0 saturated heterocycles. The summed E-state index contributed by atoms with van der Waals surface area (Å²) in [5.41, 5.74) is 2.62. The van der Waals surface area contributed by atoms with E-state index in [1.165, 1.54) is 0 Å². The normalized spacial score (nSPS) is 10.5. The Hall–Kier alpha value is -3.80. The van der Waals surface area contributed by atoms with Crippen LogP contribution in [0.3, 0.4) is 0 Å². The highest BCUT2D eigenvalue weighted by molar-refractivity contribution is 6.04. The summed E-state index contributed by atoms with van der Waals surface area (Å²) in [5.74, 6) is 1.03. The third-order valence-electron chi connectivity index (χ3n) is 4.71. The fourth-order valence-corrected chi connectivity index (χ4v) is 2.94. The van der Waals surface area contributed by atoms with E-state index in [2.05, 4.69) is 29.8 Å². The standard InChI is InChI=1S/C26H29N3O3/c1-19(2)15-16-32-24-13-11-21(12-14-24)27-18-25(30)28-22-9-6-10-23(17-22)29-26(31)20-7-4-3-5-8-20/h3-14,17,19,27H,15-16,18H2,1-2H3,(H,28,30)(H,29,31).